The minimum absolute atomic E-state index is 0.0744. The van der Waals surface area contributed by atoms with Gasteiger partial charge in [0.25, 0.3) is 5.56 Å². The Labute approximate surface area is 126 Å². The Balaban J connectivity index is 1.97. The molecule has 2 rings (SSSR count). The van der Waals surface area contributed by atoms with Crippen LogP contribution in [0.1, 0.15) is 46.0 Å². The average molecular weight is 291 g/mol. The average Bonchev–Trinajstić information content (AvgIpc) is 2.48. The van der Waals surface area contributed by atoms with Gasteiger partial charge in [-0.1, -0.05) is 13.8 Å². The van der Waals surface area contributed by atoms with Crippen LogP contribution in [0.5, 0.6) is 0 Å². The molecule has 5 heteroatoms. The van der Waals surface area contributed by atoms with E-state index < -0.39 is 0 Å². The molecule has 116 valence electrons. The Bertz CT molecular complexity index is 539. The zero-order valence-electron chi connectivity index (χ0n) is 13.0. The van der Waals surface area contributed by atoms with Crippen LogP contribution in [0.3, 0.4) is 0 Å². The molecule has 1 aromatic rings. The summed E-state index contributed by atoms with van der Waals surface area (Å²) in [6.45, 7) is 6.62. The van der Waals surface area contributed by atoms with Crippen molar-refractivity contribution in [1.82, 2.24) is 9.78 Å². The Kier molecular flexibility index (Phi) is 5.53. The Hall–Kier alpha value is -1.65. The predicted molar refractivity (Wildman–Crippen MR) is 83.6 cm³/mol. The summed E-state index contributed by atoms with van der Waals surface area (Å²) in [7, 11) is 0. The highest BCUT2D eigenvalue weighted by Gasteiger charge is 2.17. The first kappa shape index (κ1) is 15.7. The van der Waals surface area contributed by atoms with Crippen LogP contribution in [-0.2, 0) is 11.3 Å². The lowest BCUT2D eigenvalue weighted by atomic mass is 10.00. The second-order valence-electron chi connectivity index (χ2n) is 5.96. The van der Waals surface area contributed by atoms with Gasteiger partial charge < -0.3 is 4.90 Å². The van der Waals surface area contributed by atoms with Crippen LogP contribution in [0.2, 0.25) is 0 Å². The molecule has 1 fully saturated rings. The van der Waals surface area contributed by atoms with Crippen LogP contribution < -0.4 is 10.5 Å². The van der Waals surface area contributed by atoms with Crippen molar-refractivity contribution >= 4 is 11.5 Å². The summed E-state index contributed by atoms with van der Waals surface area (Å²) < 4.78 is 1.46. The predicted octanol–water partition coefficient (Wildman–Crippen LogP) is 2.24. The fourth-order valence-corrected chi connectivity index (χ4v) is 2.79. The fraction of sp³-hybridized carbons (Fsp3) is 0.688. The van der Waals surface area contributed by atoms with E-state index >= 15 is 0 Å². The Morgan fingerprint density at radius 2 is 2.29 bits per heavy atom. The second kappa shape index (κ2) is 7.38. The molecule has 21 heavy (non-hydrogen) atoms. The molecular formula is C16H25N3O2. The van der Waals surface area contributed by atoms with Crippen molar-refractivity contribution < 1.29 is 4.79 Å². The molecule has 0 aliphatic carbocycles. The number of hydrogen-bond acceptors (Lipinski definition) is 4. The molecule has 2 heterocycles. The van der Waals surface area contributed by atoms with Crippen molar-refractivity contribution in [2.75, 3.05) is 18.0 Å². The molecular weight excluding hydrogens is 266 g/mol. The minimum Gasteiger partial charge on any atom is -0.370 e. The standard InChI is InChI=1S/C16H25N3O2/c1-3-15(20)7-5-9-19-16(21)10-14(11-17-19)18-8-4-6-13(2)12-18/h10-11,13H,3-9,12H2,1-2H3. The monoisotopic (exact) mass is 291 g/mol. The third-order valence-electron chi connectivity index (χ3n) is 4.10. The molecule has 1 aliphatic heterocycles. The van der Waals surface area contributed by atoms with Crippen LogP contribution in [0.15, 0.2) is 17.1 Å². The van der Waals surface area contributed by atoms with E-state index in [4.69, 9.17) is 0 Å². The van der Waals surface area contributed by atoms with Gasteiger partial charge in [0.15, 0.2) is 0 Å². The van der Waals surface area contributed by atoms with Gasteiger partial charge in [-0.15, -0.1) is 0 Å². The molecule has 0 N–H and O–H groups in total. The van der Waals surface area contributed by atoms with E-state index in [1.807, 2.05) is 6.92 Å². The number of nitrogens with zero attached hydrogens (tertiary/aromatic N) is 3. The van der Waals surface area contributed by atoms with Gasteiger partial charge in [-0.05, 0) is 25.2 Å². The van der Waals surface area contributed by atoms with Gasteiger partial charge in [0.05, 0.1) is 11.9 Å². The summed E-state index contributed by atoms with van der Waals surface area (Å²) in [5.41, 5.74) is 0.849. The van der Waals surface area contributed by atoms with E-state index in [9.17, 15) is 9.59 Å². The van der Waals surface area contributed by atoms with Gasteiger partial charge >= 0.3 is 0 Å². The number of piperidine rings is 1. The first-order chi connectivity index (χ1) is 10.1. The lowest BCUT2D eigenvalue weighted by molar-refractivity contribution is -0.118. The van der Waals surface area contributed by atoms with E-state index in [1.165, 1.54) is 17.5 Å². The Morgan fingerprint density at radius 3 is 2.95 bits per heavy atom. The lowest BCUT2D eigenvalue weighted by Gasteiger charge is -2.32. The summed E-state index contributed by atoms with van der Waals surface area (Å²) in [6, 6.07) is 1.67. The van der Waals surface area contributed by atoms with E-state index in [2.05, 4.69) is 16.9 Å². The van der Waals surface area contributed by atoms with Crippen molar-refractivity contribution in [2.45, 2.75) is 52.5 Å². The quantitative estimate of drug-likeness (QED) is 0.806. The van der Waals surface area contributed by atoms with Gasteiger partial charge in [0, 0.05) is 38.5 Å². The van der Waals surface area contributed by atoms with Crippen molar-refractivity contribution in [2.24, 2.45) is 5.92 Å². The summed E-state index contributed by atoms with van der Waals surface area (Å²) >= 11 is 0. The highest BCUT2D eigenvalue weighted by Crippen LogP contribution is 2.20. The van der Waals surface area contributed by atoms with Crippen LogP contribution in [0.25, 0.3) is 0 Å². The topological polar surface area (TPSA) is 55.2 Å². The zero-order valence-corrected chi connectivity index (χ0v) is 13.0. The highest BCUT2D eigenvalue weighted by atomic mass is 16.1. The number of aryl methyl sites for hydroxylation is 1. The number of aromatic nitrogens is 2. The maximum atomic E-state index is 12.1. The van der Waals surface area contributed by atoms with Gasteiger partial charge in [0.1, 0.15) is 5.78 Å². The third kappa shape index (κ3) is 4.41. The van der Waals surface area contributed by atoms with Gasteiger partial charge in [0.2, 0.25) is 0 Å². The molecule has 0 aromatic carbocycles. The normalized spacial score (nSPS) is 18.8. The number of Topliss-reactive ketones (excluding diaryl/α,β-unsaturated/α-hetero) is 1. The van der Waals surface area contributed by atoms with Crippen molar-refractivity contribution in [1.29, 1.82) is 0 Å². The van der Waals surface area contributed by atoms with E-state index in [0.29, 0.717) is 31.7 Å². The SMILES string of the molecule is CCC(=O)CCCn1ncc(N2CCCC(C)C2)cc1=O. The third-order valence-corrected chi connectivity index (χ3v) is 4.10. The smallest absolute Gasteiger partial charge is 0.268 e. The maximum Gasteiger partial charge on any atom is 0.268 e. The zero-order chi connectivity index (χ0) is 15.2. The molecule has 1 saturated heterocycles. The van der Waals surface area contributed by atoms with Crippen LogP contribution in [0.4, 0.5) is 5.69 Å². The fourth-order valence-electron chi connectivity index (χ4n) is 2.79. The lowest BCUT2D eigenvalue weighted by Crippen LogP contribution is -2.35. The number of ketones is 1. The molecule has 0 amide bonds. The molecule has 1 unspecified atom stereocenters. The van der Waals surface area contributed by atoms with Crippen molar-refractivity contribution in [3.05, 3.63) is 22.6 Å². The molecule has 0 spiro atoms. The summed E-state index contributed by atoms with van der Waals surface area (Å²) in [6.07, 6.45) is 5.97. The molecule has 5 nitrogen and oxygen atoms in total. The molecule has 0 radical (unpaired) electrons. The minimum atomic E-state index is -0.0744. The van der Waals surface area contributed by atoms with Gasteiger partial charge in [-0.3, -0.25) is 9.59 Å². The highest BCUT2D eigenvalue weighted by molar-refractivity contribution is 5.77. The van der Waals surface area contributed by atoms with E-state index in [0.717, 1.165) is 18.8 Å². The number of carbonyl (C=O) groups excluding carboxylic acids is 1. The van der Waals surface area contributed by atoms with Gasteiger partial charge in [-0.2, -0.15) is 5.10 Å². The first-order valence-electron chi connectivity index (χ1n) is 7.94. The molecule has 1 aromatic heterocycles. The molecule has 1 aliphatic rings. The van der Waals surface area contributed by atoms with Crippen LogP contribution >= 0.6 is 0 Å². The van der Waals surface area contributed by atoms with Crippen LogP contribution in [0, 0.1) is 5.92 Å². The molecule has 0 bridgehead atoms. The summed E-state index contributed by atoms with van der Waals surface area (Å²) in [5, 5.41) is 4.25. The van der Waals surface area contributed by atoms with E-state index in [-0.39, 0.29) is 11.3 Å². The summed E-state index contributed by atoms with van der Waals surface area (Å²) in [4.78, 5) is 25.6. The number of rotatable bonds is 6. The summed E-state index contributed by atoms with van der Waals surface area (Å²) in [5.74, 6) is 0.906. The maximum absolute atomic E-state index is 12.1. The number of carbonyl (C=O) groups is 1. The Morgan fingerprint density at radius 1 is 1.48 bits per heavy atom. The van der Waals surface area contributed by atoms with Crippen LogP contribution in [-0.4, -0.2) is 28.7 Å². The second-order valence-corrected chi connectivity index (χ2v) is 5.96. The van der Waals surface area contributed by atoms with Crippen molar-refractivity contribution in [3.8, 4) is 0 Å². The number of hydrogen-bond donors (Lipinski definition) is 0. The largest absolute Gasteiger partial charge is 0.370 e. The molecule has 1 atom stereocenters. The number of anilines is 1. The molecule has 0 saturated carbocycles. The first-order valence-corrected chi connectivity index (χ1v) is 7.94. The van der Waals surface area contributed by atoms with Crippen molar-refractivity contribution in [3.63, 3.8) is 0 Å². The van der Waals surface area contributed by atoms with E-state index in [1.54, 1.807) is 12.3 Å². The van der Waals surface area contributed by atoms with Gasteiger partial charge in [-0.25, -0.2) is 4.68 Å².